The fourth-order valence-electron chi connectivity index (χ4n) is 1.57. The highest BCUT2D eigenvalue weighted by Gasteiger charge is 2.09. The number of aliphatic hydroxyl groups excluding tert-OH is 1. The number of hydrogen-bond donors (Lipinski definition) is 3. The Hall–Kier alpha value is -0.710. The number of nitrogens with one attached hydrogen (secondary N) is 1. The molecule has 0 aliphatic rings. The molecule has 1 aromatic carbocycles. The number of benzene rings is 1. The summed E-state index contributed by atoms with van der Waals surface area (Å²) >= 11 is 10.1. The van der Waals surface area contributed by atoms with Crippen LogP contribution in [-0.4, -0.2) is 24.2 Å². The van der Waals surface area contributed by atoms with Gasteiger partial charge in [0.05, 0.1) is 10.6 Å². The van der Waals surface area contributed by atoms with Crippen molar-refractivity contribution in [3.05, 3.63) is 28.8 Å². The van der Waals surface area contributed by atoms with Crippen LogP contribution in [0.1, 0.15) is 36.0 Å². The van der Waals surface area contributed by atoms with Crippen molar-refractivity contribution in [1.82, 2.24) is 5.32 Å². The van der Waals surface area contributed by atoms with Crippen LogP contribution in [0.15, 0.2) is 23.1 Å². The third kappa shape index (κ3) is 5.29. The molecule has 18 heavy (non-hydrogen) atoms. The zero-order valence-corrected chi connectivity index (χ0v) is 11.8. The van der Waals surface area contributed by atoms with Crippen LogP contribution in [0.2, 0.25) is 5.02 Å². The molecule has 0 aliphatic carbocycles. The summed E-state index contributed by atoms with van der Waals surface area (Å²) in [6.45, 7) is 0.855. The van der Waals surface area contributed by atoms with Crippen molar-refractivity contribution in [3.63, 3.8) is 0 Å². The zero-order chi connectivity index (χ0) is 13.4. The van der Waals surface area contributed by atoms with Crippen molar-refractivity contribution >= 4 is 30.1 Å². The van der Waals surface area contributed by atoms with E-state index in [1.807, 2.05) is 0 Å². The monoisotopic (exact) mass is 287 g/mol. The fraction of sp³-hybridized carbons (Fsp3) is 0.462. The molecule has 1 amide bonds. The largest absolute Gasteiger partial charge is 0.396 e. The number of unbranched alkanes of at least 4 members (excludes halogenated alkanes) is 3. The van der Waals surface area contributed by atoms with Gasteiger partial charge < -0.3 is 10.4 Å². The van der Waals surface area contributed by atoms with Crippen LogP contribution < -0.4 is 5.32 Å². The smallest absolute Gasteiger partial charge is 0.252 e. The Morgan fingerprint density at radius 3 is 2.72 bits per heavy atom. The Labute approximate surface area is 118 Å². The lowest BCUT2D eigenvalue weighted by molar-refractivity contribution is 0.0952. The molecule has 1 rings (SSSR count). The SMILES string of the molecule is O=C(NCCCCCCO)c1cc(S)ccc1Cl. The van der Waals surface area contributed by atoms with Crippen molar-refractivity contribution in [1.29, 1.82) is 0 Å². The Morgan fingerprint density at radius 1 is 1.28 bits per heavy atom. The predicted molar refractivity (Wildman–Crippen MR) is 76.6 cm³/mol. The van der Waals surface area contributed by atoms with Gasteiger partial charge in [0.15, 0.2) is 0 Å². The maximum Gasteiger partial charge on any atom is 0.252 e. The average molecular weight is 288 g/mol. The maximum atomic E-state index is 11.8. The molecule has 0 fully saturated rings. The number of rotatable bonds is 7. The molecule has 0 spiro atoms. The molecule has 0 heterocycles. The van der Waals surface area contributed by atoms with Crippen LogP contribution in [0.3, 0.4) is 0 Å². The standard InChI is InChI=1S/C13H18ClNO2S/c14-12-6-5-10(18)9-11(12)13(17)15-7-3-1-2-4-8-16/h5-6,9,16,18H,1-4,7-8H2,(H,15,17). The number of thiol groups is 1. The Balaban J connectivity index is 2.34. The number of hydrogen-bond acceptors (Lipinski definition) is 3. The van der Waals surface area contributed by atoms with E-state index in [0.717, 1.165) is 25.7 Å². The number of amides is 1. The highest BCUT2D eigenvalue weighted by molar-refractivity contribution is 7.80. The molecule has 100 valence electrons. The van der Waals surface area contributed by atoms with Gasteiger partial charge in [-0.25, -0.2) is 0 Å². The summed E-state index contributed by atoms with van der Waals surface area (Å²) in [6, 6.07) is 5.07. The van der Waals surface area contributed by atoms with E-state index < -0.39 is 0 Å². The summed E-state index contributed by atoms with van der Waals surface area (Å²) in [5, 5.41) is 11.9. The third-order valence-corrected chi connectivity index (χ3v) is 3.17. The van der Waals surface area contributed by atoms with E-state index in [0.29, 0.717) is 22.0 Å². The van der Waals surface area contributed by atoms with Gasteiger partial charge in [0.25, 0.3) is 5.91 Å². The van der Waals surface area contributed by atoms with Crippen LogP contribution in [0.25, 0.3) is 0 Å². The van der Waals surface area contributed by atoms with Gasteiger partial charge in [-0.2, -0.15) is 0 Å². The minimum Gasteiger partial charge on any atom is -0.396 e. The number of carbonyl (C=O) groups excluding carboxylic acids is 1. The number of aliphatic hydroxyl groups is 1. The molecule has 0 atom stereocenters. The van der Waals surface area contributed by atoms with E-state index in [1.54, 1.807) is 18.2 Å². The zero-order valence-electron chi connectivity index (χ0n) is 10.2. The maximum absolute atomic E-state index is 11.8. The van der Waals surface area contributed by atoms with E-state index in [1.165, 1.54) is 0 Å². The van der Waals surface area contributed by atoms with Crippen molar-refractivity contribution in [2.75, 3.05) is 13.2 Å². The van der Waals surface area contributed by atoms with Crippen molar-refractivity contribution in [2.45, 2.75) is 30.6 Å². The minimum atomic E-state index is -0.168. The van der Waals surface area contributed by atoms with Crippen LogP contribution >= 0.6 is 24.2 Å². The highest BCUT2D eigenvalue weighted by Crippen LogP contribution is 2.19. The first-order chi connectivity index (χ1) is 8.65. The van der Waals surface area contributed by atoms with Crippen molar-refractivity contribution in [3.8, 4) is 0 Å². The molecular weight excluding hydrogens is 270 g/mol. The predicted octanol–water partition coefficient (Wildman–Crippen LogP) is 2.91. The van der Waals surface area contributed by atoms with Gasteiger partial charge >= 0.3 is 0 Å². The Kier molecular flexibility index (Phi) is 7.16. The van der Waals surface area contributed by atoms with E-state index in [4.69, 9.17) is 16.7 Å². The molecular formula is C13H18ClNO2S. The van der Waals surface area contributed by atoms with E-state index in [-0.39, 0.29) is 12.5 Å². The number of halogens is 1. The van der Waals surface area contributed by atoms with Crippen LogP contribution in [-0.2, 0) is 0 Å². The molecule has 0 aromatic heterocycles. The molecule has 5 heteroatoms. The van der Waals surface area contributed by atoms with E-state index in [9.17, 15) is 4.79 Å². The van der Waals surface area contributed by atoms with Gasteiger partial charge in [-0.3, -0.25) is 4.79 Å². The highest BCUT2D eigenvalue weighted by atomic mass is 35.5. The van der Waals surface area contributed by atoms with Crippen LogP contribution in [0.5, 0.6) is 0 Å². The normalized spacial score (nSPS) is 10.4. The second kappa shape index (κ2) is 8.40. The van der Waals surface area contributed by atoms with Gasteiger partial charge in [0.2, 0.25) is 0 Å². The molecule has 0 saturated carbocycles. The average Bonchev–Trinajstić information content (AvgIpc) is 2.36. The second-order valence-electron chi connectivity index (χ2n) is 4.06. The number of carbonyl (C=O) groups is 1. The van der Waals surface area contributed by atoms with Gasteiger partial charge in [-0.15, -0.1) is 12.6 Å². The van der Waals surface area contributed by atoms with Crippen molar-refractivity contribution < 1.29 is 9.90 Å². The molecule has 0 radical (unpaired) electrons. The molecule has 0 aliphatic heterocycles. The molecule has 0 bridgehead atoms. The van der Waals surface area contributed by atoms with Gasteiger partial charge in [-0.1, -0.05) is 24.4 Å². The van der Waals surface area contributed by atoms with Crippen LogP contribution in [0, 0.1) is 0 Å². The first-order valence-electron chi connectivity index (χ1n) is 6.02. The van der Waals surface area contributed by atoms with Crippen LogP contribution in [0.4, 0.5) is 0 Å². The first-order valence-corrected chi connectivity index (χ1v) is 6.85. The summed E-state index contributed by atoms with van der Waals surface area (Å²) in [5.41, 5.74) is 0.458. The third-order valence-electron chi connectivity index (χ3n) is 2.57. The quantitative estimate of drug-likeness (QED) is 0.533. The fourth-order valence-corrected chi connectivity index (χ4v) is 1.98. The lowest BCUT2D eigenvalue weighted by Gasteiger charge is -2.07. The van der Waals surface area contributed by atoms with E-state index in [2.05, 4.69) is 17.9 Å². The molecule has 2 N–H and O–H groups in total. The molecule has 1 aromatic rings. The molecule has 0 saturated heterocycles. The van der Waals surface area contributed by atoms with Gasteiger partial charge in [0, 0.05) is 18.0 Å². The molecule has 3 nitrogen and oxygen atoms in total. The van der Waals surface area contributed by atoms with Gasteiger partial charge in [-0.05, 0) is 31.0 Å². The molecule has 0 unspecified atom stereocenters. The minimum absolute atomic E-state index is 0.168. The van der Waals surface area contributed by atoms with Crippen molar-refractivity contribution in [2.24, 2.45) is 0 Å². The summed E-state index contributed by atoms with van der Waals surface area (Å²) in [4.78, 5) is 12.6. The second-order valence-corrected chi connectivity index (χ2v) is 4.98. The topological polar surface area (TPSA) is 49.3 Å². The Morgan fingerprint density at radius 2 is 2.00 bits per heavy atom. The Bertz CT molecular complexity index is 399. The summed E-state index contributed by atoms with van der Waals surface area (Å²) in [6.07, 6.45) is 3.71. The summed E-state index contributed by atoms with van der Waals surface area (Å²) in [5.74, 6) is -0.168. The summed E-state index contributed by atoms with van der Waals surface area (Å²) in [7, 11) is 0. The first kappa shape index (κ1) is 15.3. The summed E-state index contributed by atoms with van der Waals surface area (Å²) < 4.78 is 0. The lowest BCUT2D eigenvalue weighted by Crippen LogP contribution is -2.24. The van der Waals surface area contributed by atoms with Gasteiger partial charge in [0.1, 0.15) is 0 Å². The lowest BCUT2D eigenvalue weighted by atomic mass is 10.2. The van der Waals surface area contributed by atoms with E-state index >= 15 is 0 Å².